The Labute approximate surface area is 72.0 Å². The van der Waals surface area contributed by atoms with Crippen LogP contribution >= 0.6 is 12.2 Å². The van der Waals surface area contributed by atoms with E-state index in [1.165, 1.54) is 5.71 Å². The van der Waals surface area contributed by atoms with Crippen LogP contribution in [-0.2, 0) is 0 Å². The molecule has 0 aromatic carbocycles. The zero-order chi connectivity index (χ0) is 8.43. The van der Waals surface area contributed by atoms with Gasteiger partial charge in [0.05, 0.1) is 0 Å². The van der Waals surface area contributed by atoms with Crippen molar-refractivity contribution in [3.05, 3.63) is 0 Å². The second-order valence-corrected chi connectivity index (χ2v) is 3.49. The van der Waals surface area contributed by atoms with Crippen molar-refractivity contribution in [3.8, 4) is 0 Å². The molecule has 2 atom stereocenters. The van der Waals surface area contributed by atoms with Crippen LogP contribution in [0.5, 0.6) is 0 Å². The van der Waals surface area contributed by atoms with Crippen LogP contribution in [0, 0.1) is 11.8 Å². The number of nitrogens with zero attached hydrogens (tertiary/aromatic N) is 1. The van der Waals surface area contributed by atoms with E-state index in [4.69, 9.17) is 5.73 Å². The van der Waals surface area contributed by atoms with Crippen molar-refractivity contribution in [1.29, 1.82) is 0 Å². The molecule has 3 N–H and O–H groups in total. The first-order valence-electron chi connectivity index (χ1n) is 3.73. The first kappa shape index (κ1) is 8.46. The van der Waals surface area contributed by atoms with Gasteiger partial charge in [-0.25, -0.2) is 0 Å². The number of hydrogen-bond donors (Lipinski definition) is 2. The minimum Gasteiger partial charge on any atom is -0.375 e. The number of nitrogens with one attached hydrogen (secondary N) is 1. The van der Waals surface area contributed by atoms with Gasteiger partial charge in [0.1, 0.15) is 0 Å². The fraction of sp³-hybridized carbons (Fsp3) is 0.714. The molecule has 0 heterocycles. The van der Waals surface area contributed by atoms with Crippen LogP contribution in [0.15, 0.2) is 5.10 Å². The third kappa shape index (κ3) is 1.89. The van der Waals surface area contributed by atoms with Gasteiger partial charge in [-0.1, -0.05) is 13.8 Å². The molecule has 3 nitrogen and oxygen atoms in total. The third-order valence-corrected chi connectivity index (χ3v) is 2.31. The molecule has 1 aliphatic carbocycles. The molecule has 0 radical (unpaired) electrons. The molecule has 0 aromatic heterocycles. The number of thiocarbonyl (C=S) groups is 1. The minimum atomic E-state index is 0.240. The lowest BCUT2D eigenvalue weighted by molar-refractivity contribution is 0.416. The van der Waals surface area contributed by atoms with Gasteiger partial charge in [0.2, 0.25) is 0 Å². The van der Waals surface area contributed by atoms with Crippen LogP contribution in [0.2, 0.25) is 0 Å². The molecule has 0 aliphatic heterocycles. The van der Waals surface area contributed by atoms with Gasteiger partial charge in [0, 0.05) is 5.71 Å². The minimum absolute atomic E-state index is 0.240. The topological polar surface area (TPSA) is 50.4 Å². The summed E-state index contributed by atoms with van der Waals surface area (Å²) in [4.78, 5) is 0. The SMILES string of the molecule is CC1C/C(=N\NC(N)=S)C1C. The van der Waals surface area contributed by atoms with E-state index in [1.54, 1.807) is 0 Å². The second-order valence-electron chi connectivity index (χ2n) is 3.05. The zero-order valence-corrected chi connectivity index (χ0v) is 7.61. The second kappa shape index (κ2) is 3.17. The Morgan fingerprint density at radius 1 is 1.73 bits per heavy atom. The number of hydrazone groups is 1. The Morgan fingerprint density at radius 2 is 2.36 bits per heavy atom. The average molecular weight is 171 g/mol. The van der Waals surface area contributed by atoms with Crippen molar-refractivity contribution in [3.63, 3.8) is 0 Å². The van der Waals surface area contributed by atoms with E-state index in [0.717, 1.165) is 12.3 Å². The quantitative estimate of drug-likeness (QED) is 0.454. The number of nitrogens with two attached hydrogens (primary N) is 1. The van der Waals surface area contributed by atoms with Crippen molar-refractivity contribution < 1.29 is 0 Å². The molecule has 1 saturated carbocycles. The monoisotopic (exact) mass is 171 g/mol. The molecule has 1 aliphatic rings. The summed E-state index contributed by atoms with van der Waals surface area (Å²) in [7, 11) is 0. The van der Waals surface area contributed by atoms with E-state index in [1.807, 2.05) is 0 Å². The van der Waals surface area contributed by atoms with Crippen molar-refractivity contribution in [1.82, 2.24) is 5.43 Å². The van der Waals surface area contributed by atoms with Gasteiger partial charge in [-0.15, -0.1) is 0 Å². The van der Waals surface area contributed by atoms with Crippen LogP contribution in [0.4, 0.5) is 0 Å². The standard InChI is InChI=1S/C7H13N3S/c1-4-3-6(5(4)2)9-10-7(8)11/h4-5H,3H2,1-2H3,(H3,8,10,11)/b9-6+. The van der Waals surface area contributed by atoms with E-state index in [2.05, 4.69) is 36.6 Å². The van der Waals surface area contributed by atoms with Crippen LogP contribution in [0.1, 0.15) is 20.3 Å². The van der Waals surface area contributed by atoms with E-state index < -0.39 is 0 Å². The lowest BCUT2D eigenvalue weighted by Crippen LogP contribution is -2.36. The molecule has 1 rings (SSSR count). The Morgan fingerprint density at radius 3 is 2.73 bits per heavy atom. The summed E-state index contributed by atoms with van der Waals surface area (Å²) < 4.78 is 0. The first-order valence-corrected chi connectivity index (χ1v) is 4.14. The maximum Gasteiger partial charge on any atom is 0.184 e. The van der Waals surface area contributed by atoms with Gasteiger partial charge in [-0.05, 0) is 30.5 Å². The van der Waals surface area contributed by atoms with E-state index in [-0.39, 0.29) is 5.11 Å². The van der Waals surface area contributed by atoms with Crippen molar-refractivity contribution in [2.45, 2.75) is 20.3 Å². The zero-order valence-electron chi connectivity index (χ0n) is 6.79. The number of hydrogen-bond acceptors (Lipinski definition) is 2. The first-order chi connectivity index (χ1) is 5.11. The maximum absolute atomic E-state index is 5.21. The summed E-state index contributed by atoms with van der Waals surface area (Å²) in [6, 6.07) is 0. The molecule has 0 saturated heterocycles. The normalized spacial score (nSPS) is 33.1. The van der Waals surface area contributed by atoms with Crippen LogP contribution in [0.3, 0.4) is 0 Å². The van der Waals surface area contributed by atoms with Gasteiger partial charge >= 0.3 is 0 Å². The molecule has 11 heavy (non-hydrogen) atoms. The fourth-order valence-corrected chi connectivity index (χ4v) is 1.18. The Bertz CT molecular complexity index is 200. The molecule has 2 unspecified atom stereocenters. The predicted octanol–water partition coefficient (Wildman–Crippen LogP) is 0.851. The summed E-state index contributed by atoms with van der Waals surface area (Å²) >= 11 is 4.61. The highest BCUT2D eigenvalue weighted by Crippen LogP contribution is 2.30. The third-order valence-electron chi connectivity index (χ3n) is 2.22. The smallest absolute Gasteiger partial charge is 0.184 e. The molecule has 4 heteroatoms. The largest absolute Gasteiger partial charge is 0.375 e. The van der Waals surface area contributed by atoms with E-state index in [0.29, 0.717) is 5.92 Å². The van der Waals surface area contributed by atoms with Crippen LogP contribution in [0.25, 0.3) is 0 Å². The molecule has 62 valence electrons. The van der Waals surface area contributed by atoms with Crippen molar-refractivity contribution in [2.75, 3.05) is 0 Å². The Kier molecular flexibility index (Phi) is 2.44. The van der Waals surface area contributed by atoms with Gasteiger partial charge in [0.25, 0.3) is 0 Å². The predicted molar refractivity (Wildman–Crippen MR) is 50.3 cm³/mol. The van der Waals surface area contributed by atoms with E-state index in [9.17, 15) is 0 Å². The summed E-state index contributed by atoms with van der Waals surface area (Å²) in [5, 5.41) is 4.30. The highest BCUT2D eigenvalue weighted by molar-refractivity contribution is 7.80. The Hall–Kier alpha value is -0.640. The Balaban J connectivity index is 2.38. The summed E-state index contributed by atoms with van der Waals surface area (Å²) in [5.41, 5.74) is 8.98. The fourth-order valence-electron chi connectivity index (χ4n) is 1.13. The highest BCUT2D eigenvalue weighted by atomic mass is 32.1. The highest BCUT2D eigenvalue weighted by Gasteiger charge is 2.29. The van der Waals surface area contributed by atoms with E-state index >= 15 is 0 Å². The molecular weight excluding hydrogens is 158 g/mol. The lowest BCUT2D eigenvalue weighted by atomic mass is 9.74. The van der Waals surface area contributed by atoms with Crippen LogP contribution in [-0.4, -0.2) is 10.8 Å². The molecular formula is C7H13N3S. The maximum atomic E-state index is 5.21. The molecule has 0 bridgehead atoms. The molecule has 0 spiro atoms. The lowest BCUT2D eigenvalue weighted by Gasteiger charge is -2.32. The molecule has 0 amide bonds. The summed E-state index contributed by atoms with van der Waals surface area (Å²) in [6.07, 6.45) is 1.07. The van der Waals surface area contributed by atoms with Gasteiger partial charge in [-0.2, -0.15) is 5.10 Å². The van der Waals surface area contributed by atoms with Gasteiger partial charge in [-0.3, -0.25) is 5.43 Å². The van der Waals surface area contributed by atoms with Gasteiger partial charge < -0.3 is 5.73 Å². The summed E-state index contributed by atoms with van der Waals surface area (Å²) in [5.74, 6) is 1.33. The van der Waals surface area contributed by atoms with Crippen LogP contribution < -0.4 is 11.2 Å². The molecule has 1 fully saturated rings. The van der Waals surface area contributed by atoms with Crippen molar-refractivity contribution in [2.24, 2.45) is 22.7 Å². The molecule has 0 aromatic rings. The van der Waals surface area contributed by atoms with Gasteiger partial charge in [0.15, 0.2) is 5.11 Å². The van der Waals surface area contributed by atoms with Crippen molar-refractivity contribution >= 4 is 23.0 Å². The average Bonchev–Trinajstić information content (AvgIpc) is 1.96. The summed E-state index contributed by atoms with van der Waals surface area (Å²) in [6.45, 7) is 4.37. The number of rotatable bonds is 1.